The molecule has 0 saturated heterocycles. The molecule has 0 aromatic heterocycles. The number of benzene rings is 2. The van der Waals surface area contributed by atoms with Gasteiger partial charge in [0.1, 0.15) is 5.60 Å². The third-order valence-electron chi connectivity index (χ3n) is 4.48. The molecule has 7 nitrogen and oxygen atoms in total. The number of hydrogen-bond donors (Lipinski definition) is 0. The van der Waals surface area contributed by atoms with Gasteiger partial charge < -0.3 is 9.64 Å². The molecule has 3 rings (SSSR count). The Morgan fingerprint density at radius 3 is 2.40 bits per heavy atom. The molecule has 1 amide bonds. The second kappa shape index (κ2) is 8.47. The largest absolute Gasteiger partial charge is 0.444 e. The van der Waals surface area contributed by atoms with Gasteiger partial charge in [0.25, 0.3) is 0 Å². The van der Waals surface area contributed by atoms with Gasteiger partial charge in [-0.25, -0.2) is 9.10 Å². The second-order valence-electron chi connectivity index (χ2n) is 8.07. The molecule has 1 aliphatic rings. The SMILES string of the molecule is CN(CCCN1c2cc(Br)ccc2N(c2ccccc2)S1(=O)=O)C(=O)OC(C)(C)C. The van der Waals surface area contributed by atoms with Gasteiger partial charge in [-0.3, -0.25) is 4.31 Å². The zero-order chi connectivity index (χ0) is 22.1. The van der Waals surface area contributed by atoms with E-state index in [1.165, 1.54) is 13.5 Å². The molecule has 0 aliphatic carbocycles. The summed E-state index contributed by atoms with van der Waals surface area (Å²) < 4.78 is 35.7. The first-order chi connectivity index (χ1) is 14.0. The number of hydrogen-bond acceptors (Lipinski definition) is 4. The predicted molar refractivity (Wildman–Crippen MR) is 122 cm³/mol. The molecular formula is C21H26BrN3O4S. The van der Waals surface area contributed by atoms with Gasteiger partial charge in [0.2, 0.25) is 0 Å². The van der Waals surface area contributed by atoms with Crippen LogP contribution < -0.4 is 8.61 Å². The normalized spacial score (nSPS) is 15.1. The predicted octanol–water partition coefficient (Wildman–Crippen LogP) is 4.91. The molecule has 0 radical (unpaired) electrons. The summed E-state index contributed by atoms with van der Waals surface area (Å²) in [5.41, 5.74) is 1.21. The quantitative estimate of drug-likeness (QED) is 0.590. The van der Waals surface area contributed by atoms with Gasteiger partial charge >= 0.3 is 16.3 Å². The molecule has 0 unspecified atom stereocenters. The molecule has 0 saturated carbocycles. The Morgan fingerprint density at radius 1 is 1.10 bits per heavy atom. The summed E-state index contributed by atoms with van der Waals surface area (Å²) in [5, 5.41) is 0. The Kier molecular flexibility index (Phi) is 6.33. The maximum absolute atomic E-state index is 13.4. The summed E-state index contributed by atoms with van der Waals surface area (Å²) in [5.74, 6) is 0. The molecule has 2 aromatic carbocycles. The van der Waals surface area contributed by atoms with E-state index >= 15 is 0 Å². The Balaban J connectivity index is 1.80. The van der Waals surface area contributed by atoms with Crippen molar-refractivity contribution in [1.29, 1.82) is 0 Å². The van der Waals surface area contributed by atoms with Crippen LogP contribution in [0.1, 0.15) is 27.2 Å². The van der Waals surface area contributed by atoms with Crippen molar-refractivity contribution in [2.75, 3.05) is 28.7 Å². The van der Waals surface area contributed by atoms with E-state index in [1.807, 2.05) is 45.0 Å². The van der Waals surface area contributed by atoms with Crippen LogP contribution in [0.4, 0.5) is 21.9 Å². The van der Waals surface area contributed by atoms with Gasteiger partial charge in [0.05, 0.1) is 17.1 Å². The van der Waals surface area contributed by atoms with Crippen molar-refractivity contribution in [2.45, 2.75) is 32.8 Å². The fraction of sp³-hybridized carbons (Fsp3) is 0.381. The standard InChI is InChI=1S/C21H26BrN3O4S/c1-21(2,3)29-20(26)23(4)13-8-14-24-19-15-16(22)11-12-18(19)25(30(24,27)28)17-9-6-5-7-10-17/h5-7,9-12,15H,8,13-14H2,1-4H3. The van der Waals surface area contributed by atoms with Crippen molar-refractivity contribution in [2.24, 2.45) is 0 Å². The van der Waals surface area contributed by atoms with Crippen LogP contribution in [0, 0.1) is 0 Å². The van der Waals surface area contributed by atoms with E-state index < -0.39 is 21.9 Å². The van der Waals surface area contributed by atoms with Gasteiger partial charge in [0, 0.05) is 24.6 Å². The molecule has 0 bridgehead atoms. The third-order valence-corrected chi connectivity index (χ3v) is 6.78. The van der Waals surface area contributed by atoms with Gasteiger partial charge in [-0.1, -0.05) is 34.1 Å². The third kappa shape index (κ3) is 4.73. The first kappa shape index (κ1) is 22.4. The van der Waals surface area contributed by atoms with Crippen molar-refractivity contribution < 1.29 is 17.9 Å². The Hall–Kier alpha value is -2.26. The molecule has 1 aliphatic heterocycles. The van der Waals surface area contributed by atoms with Gasteiger partial charge in [-0.05, 0) is 57.5 Å². The number of amides is 1. The summed E-state index contributed by atoms with van der Waals surface area (Å²) in [7, 11) is -2.15. The number of ether oxygens (including phenoxy) is 1. The molecule has 2 aromatic rings. The number of anilines is 3. The zero-order valence-corrected chi connectivity index (χ0v) is 19.9. The minimum atomic E-state index is -3.79. The van der Waals surface area contributed by atoms with Crippen LogP contribution in [0.15, 0.2) is 53.0 Å². The topological polar surface area (TPSA) is 70.2 Å². The number of carbonyl (C=O) groups is 1. The number of carbonyl (C=O) groups excluding carboxylic acids is 1. The van der Waals surface area contributed by atoms with E-state index in [-0.39, 0.29) is 6.54 Å². The minimum Gasteiger partial charge on any atom is -0.444 e. The van der Waals surface area contributed by atoms with Crippen LogP contribution in [-0.2, 0) is 14.9 Å². The van der Waals surface area contributed by atoms with Gasteiger partial charge in [-0.2, -0.15) is 8.42 Å². The summed E-state index contributed by atoms with van der Waals surface area (Å²) >= 11 is 3.44. The lowest BCUT2D eigenvalue weighted by molar-refractivity contribution is 0.0298. The average molecular weight is 496 g/mol. The van der Waals surface area contributed by atoms with Crippen LogP contribution in [0.2, 0.25) is 0 Å². The van der Waals surface area contributed by atoms with Crippen molar-refractivity contribution in [3.63, 3.8) is 0 Å². The lowest BCUT2D eigenvalue weighted by Crippen LogP contribution is -2.38. The highest BCUT2D eigenvalue weighted by atomic mass is 79.9. The molecule has 30 heavy (non-hydrogen) atoms. The van der Waals surface area contributed by atoms with Crippen LogP contribution in [-0.4, -0.2) is 45.1 Å². The molecule has 0 spiro atoms. The number of fused-ring (bicyclic) bond motifs is 1. The number of nitrogens with zero attached hydrogens (tertiary/aromatic N) is 3. The Bertz CT molecular complexity index is 1020. The van der Waals surface area contributed by atoms with E-state index in [0.29, 0.717) is 30.0 Å². The number of halogens is 1. The highest BCUT2D eigenvalue weighted by molar-refractivity contribution is 9.10. The van der Waals surface area contributed by atoms with Crippen LogP contribution in [0.5, 0.6) is 0 Å². The monoisotopic (exact) mass is 495 g/mol. The highest BCUT2D eigenvalue weighted by Crippen LogP contribution is 2.46. The lowest BCUT2D eigenvalue weighted by atomic mass is 10.2. The van der Waals surface area contributed by atoms with Crippen molar-refractivity contribution >= 4 is 49.3 Å². The van der Waals surface area contributed by atoms with Crippen LogP contribution in [0.25, 0.3) is 0 Å². The van der Waals surface area contributed by atoms with Gasteiger partial charge in [0.15, 0.2) is 0 Å². The molecule has 162 valence electrons. The molecule has 0 atom stereocenters. The maximum Gasteiger partial charge on any atom is 0.410 e. The molecular weight excluding hydrogens is 470 g/mol. The molecule has 9 heteroatoms. The maximum atomic E-state index is 13.4. The van der Waals surface area contributed by atoms with Crippen molar-refractivity contribution in [1.82, 2.24) is 4.90 Å². The van der Waals surface area contributed by atoms with Crippen molar-refractivity contribution in [3.05, 3.63) is 53.0 Å². The van der Waals surface area contributed by atoms with Crippen molar-refractivity contribution in [3.8, 4) is 0 Å². The molecule has 0 fully saturated rings. The highest BCUT2D eigenvalue weighted by Gasteiger charge is 2.41. The van der Waals surface area contributed by atoms with E-state index in [1.54, 1.807) is 31.3 Å². The Morgan fingerprint density at radius 2 is 1.77 bits per heavy atom. The first-order valence-corrected chi connectivity index (χ1v) is 11.8. The first-order valence-electron chi connectivity index (χ1n) is 9.62. The van der Waals surface area contributed by atoms with Crippen LogP contribution in [0.3, 0.4) is 0 Å². The molecule has 0 N–H and O–H groups in total. The smallest absolute Gasteiger partial charge is 0.410 e. The number of para-hydroxylation sites is 1. The summed E-state index contributed by atoms with van der Waals surface area (Å²) in [4.78, 5) is 13.6. The van der Waals surface area contributed by atoms with Gasteiger partial charge in [-0.15, -0.1) is 0 Å². The number of rotatable bonds is 5. The second-order valence-corrected chi connectivity index (χ2v) is 10.7. The van der Waals surface area contributed by atoms with E-state index in [4.69, 9.17) is 4.74 Å². The Labute approximate surface area is 186 Å². The fourth-order valence-electron chi connectivity index (χ4n) is 3.17. The molecule has 1 heterocycles. The summed E-state index contributed by atoms with van der Waals surface area (Å²) in [6.07, 6.45) is 0.0321. The lowest BCUT2D eigenvalue weighted by Gasteiger charge is -2.25. The zero-order valence-electron chi connectivity index (χ0n) is 17.5. The minimum absolute atomic E-state index is 0.238. The van der Waals surface area contributed by atoms with E-state index in [0.717, 1.165) is 4.47 Å². The fourth-order valence-corrected chi connectivity index (χ4v) is 5.26. The average Bonchev–Trinajstić information content (AvgIpc) is 2.87. The van der Waals surface area contributed by atoms with E-state index in [9.17, 15) is 13.2 Å². The van der Waals surface area contributed by atoms with E-state index in [2.05, 4.69) is 15.9 Å². The summed E-state index contributed by atoms with van der Waals surface area (Å²) in [6, 6.07) is 14.4. The summed E-state index contributed by atoms with van der Waals surface area (Å²) in [6.45, 7) is 6.03. The van der Waals surface area contributed by atoms with Crippen LogP contribution >= 0.6 is 15.9 Å².